The molecular formula is C17H13BrCl2O4. The first-order chi connectivity index (χ1) is 11.5. The molecular weight excluding hydrogens is 419 g/mol. The van der Waals surface area contributed by atoms with Crippen molar-refractivity contribution in [2.24, 2.45) is 0 Å². The van der Waals surface area contributed by atoms with Gasteiger partial charge in [-0.15, -0.1) is 0 Å². The van der Waals surface area contributed by atoms with Crippen LogP contribution >= 0.6 is 39.1 Å². The SMILES string of the molecule is CCCOc1ccc(C(=O)Oc2c(Cl)cc(Cl)cc2C=O)cc1Br. The predicted octanol–water partition coefficient (Wildman–Crippen LogP) is 5.58. The Morgan fingerprint density at radius 3 is 2.62 bits per heavy atom. The zero-order chi connectivity index (χ0) is 17.7. The Morgan fingerprint density at radius 2 is 2.00 bits per heavy atom. The van der Waals surface area contributed by atoms with Gasteiger partial charge in [0.25, 0.3) is 0 Å². The fraction of sp³-hybridized carbons (Fsp3) is 0.176. The molecule has 0 aromatic heterocycles. The first-order valence-electron chi connectivity index (χ1n) is 7.05. The van der Waals surface area contributed by atoms with Crippen LogP contribution in [0.3, 0.4) is 0 Å². The summed E-state index contributed by atoms with van der Waals surface area (Å²) in [6, 6.07) is 7.59. The van der Waals surface area contributed by atoms with E-state index in [2.05, 4.69) is 15.9 Å². The molecule has 0 heterocycles. The van der Waals surface area contributed by atoms with Crippen molar-refractivity contribution < 1.29 is 19.1 Å². The third kappa shape index (κ3) is 4.50. The van der Waals surface area contributed by atoms with Crippen molar-refractivity contribution in [1.29, 1.82) is 0 Å². The maximum absolute atomic E-state index is 12.3. The third-order valence-electron chi connectivity index (χ3n) is 2.99. The van der Waals surface area contributed by atoms with Crippen LogP contribution in [-0.2, 0) is 0 Å². The number of carbonyl (C=O) groups is 2. The molecule has 0 spiro atoms. The molecule has 2 rings (SSSR count). The summed E-state index contributed by atoms with van der Waals surface area (Å²) in [5.74, 6) is -0.0416. The highest BCUT2D eigenvalue weighted by Crippen LogP contribution is 2.33. The molecule has 7 heteroatoms. The van der Waals surface area contributed by atoms with Crippen LogP contribution in [0.15, 0.2) is 34.8 Å². The van der Waals surface area contributed by atoms with E-state index in [1.165, 1.54) is 12.1 Å². The van der Waals surface area contributed by atoms with E-state index in [0.717, 1.165) is 6.42 Å². The molecule has 0 fully saturated rings. The normalized spacial score (nSPS) is 10.3. The molecule has 2 aromatic rings. The van der Waals surface area contributed by atoms with Gasteiger partial charge in [0, 0.05) is 5.02 Å². The highest BCUT2D eigenvalue weighted by atomic mass is 79.9. The highest BCUT2D eigenvalue weighted by Gasteiger charge is 2.17. The Balaban J connectivity index is 2.25. The fourth-order valence-corrected chi connectivity index (χ4v) is 2.92. The van der Waals surface area contributed by atoms with Crippen molar-refractivity contribution in [3.63, 3.8) is 0 Å². The molecule has 0 saturated carbocycles. The van der Waals surface area contributed by atoms with Crippen LogP contribution in [0.4, 0.5) is 0 Å². The van der Waals surface area contributed by atoms with Crippen molar-refractivity contribution in [2.45, 2.75) is 13.3 Å². The van der Waals surface area contributed by atoms with Gasteiger partial charge in [-0.05, 0) is 52.7 Å². The molecule has 0 aliphatic carbocycles. The molecule has 0 unspecified atom stereocenters. The molecule has 2 aromatic carbocycles. The van der Waals surface area contributed by atoms with E-state index < -0.39 is 5.97 Å². The fourth-order valence-electron chi connectivity index (χ4n) is 1.88. The minimum absolute atomic E-state index is 0.0245. The van der Waals surface area contributed by atoms with Gasteiger partial charge in [0.1, 0.15) is 5.75 Å². The van der Waals surface area contributed by atoms with E-state index in [1.807, 2.05) is 6.92 Å². The van der Waals surface area contributed by atoms with E-state index in [4.69, 9.17) is 32.7 Å². The van der Waals surface area contributed by atoms with Crippen LogP contribution in [0.25, 0.3) is 0 Å². The molecule has 0 N–H and O–H groups in total. The minimum Gasteiger partial charge on any atom is -0.492 e. The van der Waals surface area contributed by atoms with E-state index >= 15 is 0 Å². The summed E-state index contributed by atoms with van der Waals surface area (Å²) in [7, 11) is 0. The quantitative estimate of drug-likeness (QED) is 0.340. The van der Waals surface area contributed by atoms with E-state index in [1.54, 1.807) is 18.2 Å². The Morgan fingerprint density at radius 1 is 1.25 bits per heavy atom. The maximum Gasteiger partial charge on any atom is 0.343 e. The average molecular weight is 432 g/mol. The largest absolute Gasteiger partial charge is 0.492 e. The number of hydrogen-bond acceptors (Lipinski definition) is 4. The number of hydrogen-bond donors (Lipinski definition) is 0. The molecule has 0 bridgehead atoms. The number of carbonyl (C=O) groups excluding carboxylic acids is 2. The summed E-state index contributed by atoms with van der Waals surface area (Å²) in [4.78, 5) is 23.4. The summed E-state index contributed by atoms with van der Waals surface area (Å²) < 4.78 is 11.4. The molecule has 0 saturated heterocycles. The van der Waals surface area contributed by atoms with Gasteiger partial charge < -0.3 is 9.47 Å². The smallest absolute Gasteiger partial charge is 0.343 e. The van der Waals surface area contributed by atoms with Gasteiger partial charge in [-0.1, -0.05) is 30.1 Å². The van der Waals surface area contributed by atoms with Crippen molar-refractivity contribution in [1.82, 2.24) is 0 Å². The van der Waals surface area contributed by atoms with E-state index in [0.29, 0.717) is 23.1 Å². The summed E-state index contributed by atoms with van der Waals surface area (Å²) in [5.41, 5.74) is 0.386. The van der Waals surface area contributed by atoms with Gasteiger partial charge in [0.05, 0.1) is 27.2 Å². The van der Waals surface area contributed by atoms with Gasteiger partial charge >= 0.3 is 5.97 Å². The molecule has 24 heavy (non-hydrogen) atoms. The first-order valence-corrected chi connectivity index (χ1v) is 8.60. The van der Waals surface area contributed by atoms with Crippen molar-refractivity contribution >= 4 is 51.4 Å². The first kappa shape index (κ1) is 18.8. The van der Waals surface area contributed by atoms with Crippen molar-refractivity contribution in [3.05, 3.63) is 56.0 Å². The van der Waals surface area contributed by atoms with Crippen LogP contribution in [0, 0.1) is 0 Å². The lowest BCUT2D eigenvalue weighted by Gasteiger charge is -2.11. The number of benzene rings is 2. The summed E-state index contributed by atoms with van der Waals surface area (Å²) >= 11 is 15.2. The number of rotatable bonds is 6. The second-order valence-electron chi connectivity index (χ2n) is 4.81. The molecule has 0 atom stereocenters. The second-order valence-corrected chi connectivity index (χ2v) is 6.50. The topological polar surface area (TPSA) is 52.6 Å². The lowest BCUT2D eigenvalue weighted by atomic mass is 10.2. The van der Waals surface area contributed by atoms with Crippen LogP contribution in [-0.4, -0.2) is 18.9 Å². The standard InChI is InChI=1S/C17H13BrCl2O4/c1-2-5-23-15-4-3-10(7-13(15)18)17(22)24-16-11(9-21)6-12(19)8-14(16)20/h3-4,6-9H,2,5H2,1H3. The highest BCUT2D eigenvalue weighted by molar-refractivity contribution is 9.10. The molecule has 0 aliphatic heterocycles. The van der Waals surface area contributed by atoms with Gasteiger partial charge in [-0.2, -0.15) is 0 Å². The van der Waals surface area contributed by atoms with E-state index in [-0.39, 0.29) is 26.9 Å². The summed E-state index contributed by atoms with van der Waals surface area (Å²) in [6.07, 6.45) is 1.40. The Kier molecular flexibility index (Phi) is 6.66. The van der Waals surface area contributed by atoms with Gasteiger partial charge in [-0.3, -0.25) is 4.79 Å². The number of esters is 1. The van der Waals surface area contributed by atoms with Crippen LogP contribution < -0.4 is 9.47 Å². The van der Waals surface area contributed by atoms with Crippen LogP contribution in [0.5, 0.6) is 11.5 Å². The van der Waals surface area contributed by atoms with Crippen molar-refractivity contribution in [2.75, 3.05) is 6.61 Å². The van der Waals surface area contributed by atoms with Gasteiger partial charge in [-0.25, -0.2) is 4.79 Å². The third-order valence-corrected chi connectivity index (χ3v) is 4.11. The zero-order valence-electron chi connectivity index (χ0n) is 12.6. The average Bonchev–Trinajstić information content (AvgIpc) is 2.55. The Bertz CT molecular complexity index is 777. The zero-order valence-corrected chi connectivity index (χ0v) is 15.7. The van der Waals surface area contributed by atoms with Crippen LogP contribution in [0.2, 0.25) is 10.0 Å². The molecule has 4 nitrogen and oxygen atoms in total. The predicted molar refractivity (Wildman–Crippen MR) is 96.7 cm³/mol. The summed E-state index contributed by atoms with van der Waals surface area (Å²) in [6.45, 7) is 2.57. The molecule has 126 valence electrons. The summed E-state index contributed by atoms with van der Waals surface area (Å²) in [5, 5.41) is 0.363. The minimum atomic E-state index is -0.648. The maximum atomic E-state index is 12.3. The number of ether oxygens (including phenoxy) is 2. The Labute approximate surface area is 157 Å². The van der Waals surface area contributed by atoms with Gasteiger partial charge in [0.2, 0.25) is 0 Å². The lowest BCUT2D eigenvalue weighted by Crippen LogP contribution is -2.10. The van der Waals surface area contributed by atoms with Crippen LogP contribution in [0.1, 0.15) is 34.1 Å². The molecule has 0 radical (unpaired) electrons. The van der Waals surface area contributed by atoms with Crippen molar-refractivity contribution in [3.8, 4) is 11.5 Å². The molecule has 0 amide bonds. The number of halogens is 3. The molecule has 0 aliphatic rings. The number of aldehydes is 1. The lowest BCUT2D eigenvalue weighted by molar-refractivity contribution is 0.0733. The van der Waals surface area contributed by atoms with Gasteiger partial charge in [0.15, 0.2) is 12.0 Å². The second kappa shape index (κ2) is 8.51. The van der Waals surface area contributed by atoms with E-state index in [9.17, 15) is 9.59 Å². The Hall–Kier alpha value is -1.56. The monoisotopic (exact) mass is 430 g/mol.